The molecule has 5 nitrogen and oxygen atoms in total. The van der Waals surface area contributed by atoms with Crippen molar-refractivity contribution >= 4 is 15.9 Å². The van der Waals surface area contributed by atoms with Crippen LogP contribution in [0.1, 0.15) is 57.0 Å². The summed E-state index contributed by atoms with van der Waals surface area (Å²) in [6.07, 6.45) is 0.856. The molecule has 0 aliphatic heterocycles. The van der Waals surface area contributed by atoms with Crippen LogP contribution in [0.4, 0.5) is 0 Å². The molecule has 136 valence electrons. The minimum atomic E-state index is -3.58. The summed E-state index contributed by atoms with van der Waals surface area (Å²) in [6.45, 7) is 13.1. The van der Waals surface area contributed by atoms with Gasteiger partial charge < -0.3 is 5.32 Å². The number of amides is 1. The van der Waals surface area contributed by atoms with Crippen molar-refractivity contribution in [1.82, 2.24) is 9.62 Å². The molecule has 0 atom stereocenters. The minimum Gasteiger partial charge on any atom is -0.352 e. The van der Waals surface area contributed by atoms with Gasteiger partial charge in [0.05, 0.1) is 4.90 Å². The number of carbonyl (C=O) groups excluding carboxylic acids is 1. The van der Waals surface area contributed by atoms with Gasteiger partial charge in [0, 0.05) is 25.2 Å². The Morgan fingerprint density at radius 1 is 1.17 bits per heavy atom. The molecule has 1 amide bonds. The number of hydrogen-bond acceptors (Lipinski definition) is 3. The Bertz CT molecular complexity index is 672. The summed E-state index contributed by atoms with van der Waals surface area (Å²) in [6, 6.07) is 4.84. The van der Waals surface area contributed by atoms with Gasteiger partial charge in [0.15, 0.2) is 0 Å². The highest BCUT2D eigenvalue weighted by Gasteiger charge is 2.24. The number of benzene rings is 1. The highest BCUT2D eigenvalue weighted by atomic mass is 32.2. The van der Waals surface area contributed by atoms with E-state index in [0.717, 1.165) is 6.42 Å². The molecule has 0 heterocycles. The molecule has 24 heavy (non-hydrogen) atoms. The molecule has 1 N–H and O–H groups in total. The molecular weight excluding hydrogens is 324 g/mol. The van der Waals surface area contributed by atoms with Gasteiger partial charge in [-0.15, -0.1) is 0 Å². The zero-order valence-corrected chi connectivity index (χ0v) is 16.5. The SMILES string of the molecule is CCN(CC)S(=O)(=O)c1cc(C(=O)NCCC(C)(C)C)ccc1C. The lowest BCUT2D eigenvalue weighted by molar-refractivity contribution is 0.0949. The third-order valence-electron chi connectivity index (χ3n) is 3.93. The second-order valence-electron chi connectivity index (χ2n) is 7.14. The summed E-state index contributed by atoms with van der Waals surface area (Å²) in [5, 5.41) is 2.86. The Morgan fingerprint density at radius 2 is 1.75 bits per heavy atom. The first-order chi connectivity index (χ1) is 11.0. The van der Waals surface area contributed by atoms with Gasteiger partial charge in [-0.1, -0.05) is 40.7 Å². The van der Waals surface area contributed by atoms with E-state index >= 15 is 0 Å². The van der Waals surface area contributed by atoms with Crippen molar-refractivity contribution in [1.29, 1.82) is 0 Å². The molecule has 0 aromatic heterocycles. The molecule has 1 rings (SSSR count). The third kappa shape index (κ3) is 5.31. The fourth-order valence-electron chi connectivity index (χ4n) is 2.37. The second-order valence-corrected chi connectivity index (χ2v) is 9.04. The van der Waals surface area contributed by atoms with Crippen LogP contribution >= 0.6 is 0 Å². The van der Waals surface area contributed by atoms with E-state index in [2.05, 4.69) is 26.1 Å². The lowest BCUT2D eigenvalue weighted by Crippen LogP contribution is -2.32. The number of hydrogen-bond donors (Lipinski definition) is 1. The van der Waals surface area contributed by atoms with Gasteiger partial charge in [-0.25, -0.2) is 8.42 Å². The topological polar surface area (TPSA) is 66.5 Å². The Labute approximate surface area is 146 Å². The fraction of sp³-hybridized carbons (Fsp3) is 0.611. The molecule has 1 aromatic rings. The molecule has 0 bridgehead atoms. The number of carbonyl (C=O) groups is 1. The van der Waals surface area contributed by atoms with Crippen LogP contribution in [-0.2, 0) is 10.0 Å². The average molecular weight is 355 g/mol. The number of nitrogens with zero attached hydrogens (tertiary/aromatic N) is 1. The fourth-order valence-corrected chi connectivity index (χ4v) is 4.08. The maximum absolute atomic E-state index is 12.7. The van der Waals surface area contributed by atoms with Crippen LogP contribution in [0.5, 0.6) is 0 Å². The lowest BCUT2D eigenvalue weighted by Gasteiger charge is -2.20. The zero-order valence-electron chi connectivity index (χ0n) is 15.6. The monoisotopic (exact) mass is 354 g/mol. The first-order valence-electron chi connectivity index (χ1n) is 8.42. The van der Waals surface area contributed by atoms with Gasteiger partial charge in [-0.05, 0) is 36.5 Å². The van der Waals surface area contributed by atoms with Crippen molar-refractivity contribution in [2.45, 2.75) is 52.9 Å². The Morgan fingerprint density at radius 3 is 2.25 bits per heavy atom. The molecule has 6 heteroatoms. The Balaban J connectivity index is 3.04. The number of nitrogens with one attached hydrogen (secondary N) is 1. The molecule has 0 unspecified atom stereocenters. The van der Waals surface area contributed by atoms with Crippen LogP contribution in [0.15, 0.2) is 23.1 Å². The van der Waals surface area contributed by atoms with E-state index in [9.17, 15) is 13.2 Å². The number of rotatable bonds is 7. The van der Waals surface area contributed by atoms with Crippen LogP contribution < -0.4 is 5.32 Å². The van der Waals surface area contributed by atoms with Crippen LogP contribution in [-0.4, -0.2) is 38.3 Å². The van der Waals surface area contributed by atoms with E-state index in [4.69, 9.17) is 0 Å². The van der Waals surface area contributed by atoms with Crippen LogP contribution in [0.2, 0.25) is 0 Å². The van der Waals surface area contributed by atoms with Crippen molar-refractivity contribution in [3.63, 3.8) is 0 Å². The molecular formula is C18H30N2O3S. The summed E-state index contributed by atoms with van der Waals surface area (Å²) >= 11 is 0. The van der Waals surface area contributed by atoms with Crippen molar-refractivity contribution < 1.29 is 13.2 Å². The van der Waals surface area contributed by atoms with Crippen LogP contribution in [0.3, 0.4) is 0 Å². The molecule has 0 saturated heterocycles. The predicted molar refractivity (Wildman–Crippen MR) is 97.7 cm³/mol. The van der Waals surface area contributed by atoms with E-state index in [-0.39, 0.29) is 16.2 Å². The zero-order chi connectivity index (χ0) is 18.5. The van der Waals surface area contributed by atoms with E-state index < -0.39 is 10.0 Å². The number of aryl methyl sites for hydroxylation is 1. The average Bonchev–Trinajstić information content (AvgIpc) is 2.46. The van der Waals surface area contributed by atoms with E-state index in [1.807, 2.05) is 0 Å². The summed E-state index contributed by atoms with van der Waals surface area (Å²) < 4.78 is 26.9. The van der Waals surface area contributed by atoms with Crippen molar-refractivity contribution in [3.8, 4) is 0 Å². The highest BCUT2D eigenvalue weighted by Crippen LogP contribution is 2.22. The third-order valence-corrected chi connectivity index (χ3v) is 6.13. The van der Waals surface area contributed by atoms with E-state index in [1.54, 1.807) is 32.9 Å². The van der Waals surface area contributed by atoms with Gasteiger partial charge in [0.2, 0.25) is 10.0 Å². The van der Waals surface area contributed by atoms with E-state index in [0.29, 0.717) is 30.8 Å². The van der Waals surface area contributed by atoms with Crippen molar-refractivity contribution in [3.05, 3.63) is 29.3 Å². The first kappa shape index (κ1) is 20.6. The summed E-state index contributed by atoms with van der Waals surface area (Å²) in [7, 11) is -3.58. The molecule has 0 aliphatic carbocycles. The second kappa shape index (κ2) is 8.12. The van der Waals surface area contributed by atoms with Gasteiger partial charge in [-0.3, -0.25) is 4.79 Å². The van der Waals surface area contributed by atoms with E-state index in [1.165, 1.54) is 10.4 Å². The number of sulfonamides is 1. The van der Waals surface area contributed by atoms with Gasteiger partial charge in [0.1, 0.15) is 0 Å². The first-order valence-corrected chi connectivity index (χ1v) is 9.86. The summed E-state index contributed by atoms with van der Waals surface area (Å²) in [5.74, 6) is -0.241. The predicted octanol–water partition coefficient (Wildman–Crippen LogP) is 3.19. The lowest BCUT2D eigenvalue weighted by atomic mass is 9.92. The summed E-state index contributed by atoms with van der Waals surface area (Å²) in [4.78, 5) is 12.5. The quantitative estimate of drug-likeness (QED) is 0.818. The Hall–Kier alpha value is -1.40. The molecule has 0 aliphatic rings. The van der Waals surface area contributed by atoms with Crippen molar-refractivity contribution in [2.75, 3.05) is 19.6 Å². The normalized spacial score (nSPS) is 12.5. The van der Waals surface area contributed by atoms with Crippen LogP contribution in [0.25, 0.3) is 0 Å². The van der Waals surface area contributed by atoms with Crippen molar-refractivity contribution in [2.24, 2.45) is 5.41 Å². The Kier molecular flexibility index (Phi) is 6.98. The van der Waals surface area contributed by atoms with Gasteiger partial charge in [-0.2, -0.15) is 4.31 Å². The molecule has 1 aromatic carbocycles. The molecule has 0 fully saturated rings. The van der Waals surface area contributed by atoms with Crippen LogP contribution in [0, 0.1) is 12.3 Å². The molecule has 0 spiro atoms. The highest BCUT2D eigenvalue weighted by molar-refractivity contribution is 7.89. The standard InChI is InChI=1S/C18H30N2O3S/c1-7-20(8-2)24(22,23)16-13-15(10-9-14(16)3)17(21)19-12-11-18(4,5)6/h9-10,13H,7-8,11-12H2,1-6H3,(H,19,21). The smallest absolute Gasteiger partial charge is 0.251 e. The minimum absolute atomic E-state index is 0.137. The maximum atomic E-state index is 12.7. The maximum Gasteiger partial charge on any atom is 0.251 e. The van der Waals surface area contributed by atoms with Gasteiger partial charge >= 0.3 is 0 Å². The summed E-state index contributed by atoms with van der Waals surface area (Å²) in [5.41, 5.74) is 1.16. The largest absolute Gasteiger partial charge is 0.352 e. The molecule has 0 radical (unpaired) electrons. The molecule has 0 saturated carbocycles. The van der Waals surface area contributed by atoms with Gasteiger partial charge in [0.25, 0.3) is 5.91 Å².